The van der Waals surface area contributed by atoms with Gasteiger partial charge >= 0.3 is 5.63 Å². The lowest BCUT2D eigenvalue weighted by Gasteiger charge is -1.98. The average molecular weight is 332 g/mol. The van der Waals surface area contributed by atoms with Crippen LogP contribution in [-0.4, -0.2) is 0 Å². The Morgan fingerprint density at radius 2 is 1.21 bits per heavy atom. The predicted molar refractivity (Wildman–Crippen MR) is 102 cm³/mol. The molecule has 2 nitrogen and oxygen atoms in total. The van der Waals surface area contributed by atoms with Crippen LogP contribution in [0.4, 0.5) is 0 Å². The van der Waals surface area contributed by atoms with Crippen LogP contribution in [0.25, 0.3) is 22.1 Å². The molecule has 0 spiro atoms. The molecular formula is C21H16O2S. The first-order chi connectivity index (χ1) is 11.7. The molecule has 0 bridgehead atoms. The topological polar surface area (TPSA) is 30.2 Å². The Hall–Kier alpha value is -2.78. The minimum absolute atomic E-state index is 0.332. The Kier molecular flexibility index (Phi) is 5.14. The molecule has 0 fully saturated rings. The second kappa shape index (κ2) is 7.66. The second-order valence-electron chi connectivity index (χ2n) is 5.21. The van der Waals surface area contributed by atoms with Crippen LogP contribution >= 0.6 is 12.6 Å². The van der Waals surface area contributed by atoms with Crippen molar-refractivity contribution in [2.75, 3.05) is 0 Å². The smallest absolute Gasteiger partial charge is 0.336 e. The molecule has 0 saturated heterocycles. The number of benzene rings is 3. The first-order valence-electron chi connectivity index (χ1n) is 7.56. The van der Waals surface area contributed by atoms with E-state index in [0.29, 0.717) is 5.58 Å². The van der Waals surface area contributed by atoms with Crippen molar-refractivity contribution in [1.82, 2.24) is 0 Å². The SMILES string of the molecule is O=c1ccc2ccc(S)cc2o1.c1ccc(-c2ccccc2)cc1. The molecule has 3 heteroatoms. The first kappa shape index (κ1) is 16.1. The van der Waals surface area contributed by atoms with E-state index in [1.807, 2.05) is 24.3 Å². The third-order valence-electron chi connectivity index (χ3n) is 3.49. The lowest BCUT2D eigenvalue weighted by Crippen LogP contribution is -1.93. The maximum Gasteiger partial charge on any atom is 0.336 e. The van der Waals surface area contributed by atoms with Crippen LogP contribution in [0.1, 0.15) is 0 Å². The normalized spacial score (nSPS) is 10.0. The van der Waals surface area contributed by atoms with Gasteiger partial charge in [-0.1, -0.05) is 66.7 Å². The molecule has 0 aliphatic rings. The van der Waals surface area contributed by atoms with Crippen molar-refractivity contribution < 1.29 is 4.42 Å². The molecule has 0 N–H and O–H groups in total. The van der Waals surface area contributed by atoms with E-state index in [1.54, 1.807) is 12.1 Å². The van der Waals surface area contributed by atoms with E-state index < -0.39 is 0 Å². The summed E-state index contributed by atoms with van der Waals surface area (Å²) in [7, 11) is 0. The van der Waals surface area contributed by atoms with Crippen molar-refractivity contribution in [3.8, 4) is 11.1 Å². The molecule has 0 saturated carbocycles. The van der Waals surface area contributed by atoms with Gasteiger partial charge in [-0.15, -0.1) is 12.6 Å². The monoisotopic (exact) mass is 332 g/mol. The third-order valence-corrected chi connectivity index (χ3v) is 3.77. The van der Waals surface area contributed by atoms with E-state index >= 15 is 0 Å². The van der Waals surface area contributed by atoms with Crippen LogP contribution in [0.5, 0.6) is 0 Å². The highest BCUT2D eigenvalue weighted by atomic mass is 32.1. The Labute approximate surface area is 145 Å². The number of hydrogen-bond donors (Lipinski definition) is 1. The molecule has 3 aromatic carbocycles. The van der Waals surface area contributed by atoms with Gasteiger partial charge in [-0.25, -0.2) is 4.79 Å². The summed E-state index contributed by atoms with van der Waals surface area (Å²) in [6.45, 7) is 0. The average Bonchev–Trinajstić information content (AvgIpc) is 2.63. The largest absolute Gasteiger partial charge is 0.423 e. The van der Waals surface area contributed by atoms with Gasteiger partial charge in [0.05, 0.1) is 0 Å². The number of rotatable bonds is 1. The van der Waals surface area contributed by atoms with Crippen molar-refractivity contribution in [3.05, 3.63) is 101 Å². The van der Waals surface area contributed by atoms with Gasteiger partial charge in [0.1, 0.15) is 5.58 Å². The molecule has 24 heavy (non-hydrogen) atoms. The summed E-state index contributed by atoms with van der Waals surface area (Å²) in [4.78, 5) is 11.6. The number of thiol groups is 1. The summed E-state index contributed by atoms with van der Waals surface area (Å²) in [6, 6.07) is 29.4. The van der Waals surface area contributed by atoms with Crippen LogP contribution in [-0.2, 0) is 0 Å². The molecule has 0 aliphatic carbocycles. The minimum Gasteiger partial charge on any atom is -0.423 e. The molecule has 0 amide bonds. The summed E-state index contributed by atoms with van der Waals surface area (Å²) in [5.41, 5.74) is 2.80. The molecule has 118 valence electrons. The van der Waals surface area contributed by atoms with Gasteiger partial charge in [0, 0.05) is 16.3 Å². The van der Waals surface area contributed by atoms with Gasteiger partial charge in [-0.2, -0.15) is 0 Å². The van der Waals surface area contributed by atoms with E-state index in [1.165, 1.54) is 17.2 Å². The van der Waals surface area contributed by atoms with E-state index in [9.17, 15) is 4.79 Å². The maximum absolute atomic E-state index is 10.8. The lowest BCUT2D eigenvalue weighted by molar-refractivity contribution is 0.560. The highest BCUT2D eigenvalue weighted by Crippen LogP contribution is 2.17. The Morgan fingerprint density at radius 1 is 0.667 bits per heavy atom. The summed E-state index contributed by atoms with van der Waals surface area (Å²) < 4.78 is 4.94. The molecule has 4 aromatic rings. The van der Waals surface area contributed by atoms with Crippen molar-refractivity contribution in [2.45, 2.75) is 4.90 Å². The highest BCUT2D eigenvalue weighted by Gasteiger charge is 1.95. The standard InChI is InChI=1S/C12H10.C9H6O2S/c1-3-7-11(8-4-1)12-9-5-2-6-10-12;10-9-4-2-6-1-3-7(12)5-8(6)11-9/h1-10H;1-5,12H. The van der Waals surface area contributed by atoms with Crippen molar-refractivity contribution in [2.24, 2.45) is 0 Å². The fraction of sp³-hybridized carbons (Fsp3) is 0. The van der Waals surface area contributed by atoms with Gasteiger partial charge < -0.3 is 4.42 Å². The van der Waals surface area contributed by atoms with E-state index in [-0.39, 0.29) is 5.63 Å². The first-order valence-corrected chi connectivity index (χ1v) is 8.00. The van der Waals surface area contributed by atoms with Crippen molar-refractivity contribution in [3.63, 3.8) is 0 Å². The van der Waals surface area contributed by atoms with Gasteiger partial charge in [-0.05, 0) is 29.3 Å². The fourth-order valence-electron chi connectivity index (χ4n) is 2.31. The van der Waals surface area contributed by atoms with Crippen LogP contribution in [0.3, 0.4) is 0 Å². The minimum atomic E-state index is -0.332. The second-order valence-corrected chi connectivity index (χ2v) is 5.73. The molecule has 4 rings (SSSR count). The summed E-state index contributed by atoms with van der Waals surface area (Å²) in [6.07, 6.45) is 0. The zero-order chi connectivity index (χ0) is 16.8. The lowest BCUT2D eigenvalue weighted by atomic mass is 10.1. The van der Waals surface area contributed by atoms with Crippen molar-refractivity contribution in [1.29, 1.82) is 0 Å². The molecule has 0 unspecified atom stereocenters. The van der Waals surface area contributed by atoms with Crippen LogP contribution in [0, 0.1) is 0 Å². The fourth-order valence-corrected chi connectivity index (χ4v) is 2.50. The highest BCUT2D eigenvalue weighted by molar-refractivity contribution is 7.80. The molecule has 1 aromatic heterocycles. The van der Waals surface area contributed by atoms with E-state index in [0.717, 1.165) is 10.3 Å². The van der Waals surface area contributed by atoms with E-state index in [2.05, 4.69) is 61.2 Å². The maximum atomic E-state index is 10.8. The van der Waals surface area contributed by atoms with Gasteiger partial charge in [0.15, 0.2) is 0 Å². The number of hydrogen-bond acceptors (Lipinski definition) is 3. The predicted octanol–water partition coefficient (Wildman–Crippen LogP) is 5.44. The molecule has 0 aliphatic heterocycles. The van der Waals surface area contributed by atoms with Crippen LogP contribution in [0.15, 0.2) is 105 Å². The summed E-state index contributed by atoms with van der Waals surface area (Å²) >= 11 is 4.13. The molecule has 1 heterocycles. The third kappa shape index (κ3) is 4.15. The van der Waals surface area contributed by atoms with Crippen LogP contribution in [0.2, 0.25) is 0 Å². The zero-order valence-electron chi connectivity index (χ0n) is 12.9. The Morgan fingerprint density at radius 3 is 1.79 bits per heavy atom. The zero-order valence-corrected chi connectivity index (χ0v) is 13.8. The molecule has 0 atom stereocenters. The van der Waals surface area contributed by atoms with Gasteiger partial charge in [-0.3, -0.25) is 0 Å². The summed E-state index contributed by atoms with van der Waals surface area (Å²) in [5, 5.41) is 0.910. The van der Waals surface area contributed by atoms with Crippen molar-refractivity contribution >= 4 is 23.6 Å². The van der Waals surface area contributed by atoms with E-state index in [4.69, 9.17) is 4.42 Å². The Bertz CT molecular complexity index is 939. The van der Waals surface area contributed by atoms with Gasteiger partial charge in [0.2, 0.25) is 0 Å². The van der Waals surface area contributed by atoms with Crippen LogP contribution < -0.4 is 5.63 Å². The van der Waals surface area contributed by atoms with Gasteiger partial charge in [0.25, 0.3) is 0 Å². The Balaban J connectivity index is 0.000000141. The molecular weight excluding hydrogens is 316 g/mol. The molecule has 0 radical (unpaired) electrons. The number of fused-ring (bicyclic) bond motifs is 1. The quantitative estimate of drug-likeness (QED) is 0.372. The summed E-state index contributed by atoms with van der Waals surface area (Å²) in [5.74, 6) is 0.